The average molecular weight is 284 g/mol. The summed E-state index contributed by atoms with van der Waals surface area (Å²) in [4.78, 5) is 18.9. The highest BCUT2D eigenvalue weighted by molar-refractivity contribution is 6.35. The molecule has 0 saturated carbocycles. The van der Waals surface area contributed by atoms with Gasteiger partial charge in [0.25, 0.3) is 0 Å². The Morgan fingerprint density at radius 1 is 1.28 bits per heavy atom. The van der Waals surface area contributed by atoms with Crippen LogP contribution in [-0.4, -0.2) is 21.0 Å². The molecule has 5 nitrogen and oxygen atoms in total. The Morgan fingerprint density at radius 2 is 2.00 bits per heavy atom. The largest absolute Gasteiger partial charge is 0.476 e. The van der Waals surface area contributed by atoms with Gasteiger partial charge in [-0.25, -0.2) is 9.78 Å². The molecule has 2 aromatic heterocycles. The van der Waals surface area contributed by atoms with Crippen molar-refractivity contribution in [3.05, 3.63) is 40.1 Å². The normalized spacial score (nSPS) is 10.3. The minimum atomic E-state index is -1.25. The van der Waals surface area contributed by atoms with Crippen molar-refractivity contribution in [2.45, 2.75) is 0 Å². The fraction of sp³-hybridized carbons (Fsp3) is 0. The summed E-state index contributed by atoms with van der Waals surface area (Å²) in [6.45, 7) is 0. The van der Waals surface area contributed by atoms with E-state index in [1.54, 1.807) is 12.1 Å². The number of nitrogen functional groups attached to an aromatic ring is 1. The second-order valence-corrected chi connectivity index (χ2v) is 4.24. The smallest absolute Gasteiger partial charge is 0.356 e. The van der Waals surface area contributed by atoms with E-state index in [0.717, 1.165) is 0 Å². The third kappa shape index (κ3) is 2.37. The number of nitrogens with zero attached hydrogens (tertiary/aromatic N) is 2. The average Bonchev–Trinajstić information content (AvgIpc) is 2.33. The minimum Gasteiger partial charge on any atom is -0.476 e. The molecule has 92 valence electrons. The van der Waals surface area contributed by atoms with Crippen LogP contribution >= 0.6 is 23.2 Å². The number of anilines is 1. The number of aromatic nitrogens is 2. The molecule has 0 aliphatic rings. The van der Waals surface area contributed by atoms with E-state index in [9.17, 15) is 4.79 Å². The Kier molecular flexibility index (Phi) is 3.36. The van der Waals surface area contributed by atoms with E-state index in [0.29, 0.717) is 16.4 Å². The summed E-state index contributed by atoms with van der Waals surface area (Å²) < 4.78 is 0. The zero-order valence-corrected chi connectivity index (χ0v) is 10.4. The fourth-order valence-electron chi connectivity index (χ4n) is 1.35. The van der Waals surface area contributed by atoms with Gasteiger partial charge in [0.15, 0.2) is 5.69 Å². The Morgan fingerprint density at radius 3 is 2.56 bits per heavy atom. The lowest BCUT2D eigenvalue weighted by atomic mass is 10.2. The number of hydrogen-bond donors (Lipinski definition) is 2. The van der Waals surface area contributed by atoms with E-state index in [1.807, 2.05) is 0 Å². The molecule has 18 heavy (non-hydrogen) atoms. The van der Waals surface area contributed by atoms with E-state index >= 15 is 0 Å². The van der Waals surface area contributed by atoms with E-state index in [1.165, 1.54) is 12.3 Å². The number of aromatic carboxylic acids is 1. The predicted molar refractivity (Wildman–Crippen MR) is 68.9 cm³/mol. The molecule has 0 unspecified atom stereocenters. The number of halogens is 2. The number of hydrogen-bond acceptors (Lipinski definition) is 4. The van der Waals surface area contributed by atoms with E-state index in [2.05, 4.69) is 9.97 Å². The summed E-state index contributed by atoms with van der Waals surface area (Å²) in [5.41, 5.74) is 6.26. The molecule has 0 spiro atoms. The zero-order valence-electron chi connectivity index (χ0n) is 8.89. The summed E-state index contributed by atoms with van der Waals surface area (Å²) in [6, 6.07) is 4.70. The van der Waals surface area contributed by atoms with Crippen molar-refractivity contribution >= 4 is 34.9 Å². The minimum absolute atomic E-state index is 0.0831. The Balaban J connectivity index is 2.59. The highest BCUT2D eigenvalue weighted by Gasteiger charge is 2.16. The Labute approximate surface area is 112 Å². The molecule has 0 radical (unpaired) electrons. The second kappa shape index (κ2) is 4.80. The van der Waals surface area contributed by atoms with Crippen molar-refractivity contribution in [2.75, 3.05) is 5.73 Å². The van der Waals surface area contributed by atoms with Crippen LogP contribution < -0.4 is 5.73 Å². The van der Waals surface area contributed by atoms with Crippen LogP contribution in [0, 0.1) is 0 Å². The number of pyridine rings is 2. The summed E-state index contributed by atoms with van der Waals surface area (Å²) in [7, 11) is 0. The van der Waals surface area contributed by atoms with E-state index in [4.69, 9.17) is 34.0 Å². The van der Waals surface area contributed by atoms with Crippen LogP contribution in [0.5, 0.6) is 0 Å². The first-order valence-corrected chi connectivity index (χ1v) is 5.56. The maximum Gasteiger partial charge on any atom is 0.356 e. The lowest BCUT2D eigenvalue weighted by molar-refractivity contribution is 0.0691. The van der Waals surface area contributed by atoms with E-state index < -0.39 is 5.97 Å². The van der Waals surface area contributed by atoms with Gasteiger partial charge < -0.3 is 10.8 Å². The molecule has 2 aromatic rings. The summed E-state index contributed by atoms with van der Waals surface area (Å²) in [5.74, 6) is -1.25. The van der Waals surface area contributed by atoms with Gasteiger partial charge in [0.05, 0.1) is 27.1 Å². The molecule has 0 aromatic carbocycles. The van der Waals surface area contributed by atoms with Gasteiger partial charge >= 0.3 is 5.97 Å². The predicted octanol–water partition coefficient (Wildman–Crippen LogP) is 2.73. The number of rotatable bonds is 2. The van der Waals surface area contributed by atoms with Crippen molar-refractivity contribution in [3.8, 4) is 11.4 Å². The molecular formula is C11H7Cl2N3O2. The van der Waals surface area contributed by atoms with E-state index in [-0.39, 0.29) is 16.4 Å². The van der Waals surface area contributed by atoms with Gasteiger partial charge in [-0.05, 0) is 18.2 Å². The van der Waals surface area contributed by atoms with Crippen LogP contribution in [0.25, 0.3) is 11.4 Å². The molecule has 0 aliphatic heterocycles. The van der Waals surface area contributed by atoms with Gasteiger partial charge in [0.1, 0.15) is 0 Å². The molecule has 0 saturated heterocycles. The third-order valence-electron chi connectivity index (χ3n) is 2.18. The van der Waals surface area contributed by atoms with Gasteiger partial charge in [-0.3, -0.25) is 4.98 Å². The zero-order chi connectivity index (χ0) is 13.3. The van der Waals surface area contributed by atoms with Gasteiger partial charge in [-0.2, -0.15) is 0 Å². The molecule has 7 heteroatoms. The van der Waals surface area contributed by atoms with Gasteiger partial charge in [0, 0.05) is 6.20 Å². The van der Waals surface area contributed by atoms with Crippen LogP contribution in [0.15, 0.2) is 24.4 Å². The summed E-state index contributed by atoms with van der Waals surface area (Å²) in [5, 5.41) is 9.35. The first-order chi connectivity index (χ1) is 8.49. The molecule has 0 fully saturated rings. The number of carboxylic acid groups (broad SMARTS) is 1. The standard InChI is InChI=1S/C11H7Cl2N3O2/c12-5-1-2-7(15-4-5)8-3-6(14)9(13)10(16-8)11(17)18/h1-4H,(H2,14,16)(H,17,18). The number of carboxylic acids is 1. The summed E-state index contributed by atoms with van der Waals surface area (Å²) in [6.07, 6.45) is 1.43. The number of carbonyl (C=O) groups is 1. The topological polar surface area (TPSA) is 89.1 Å². The van der Waals surface area contributed by atoms with Crippen molar-refractivity contribution in [3.63, 3.8) is 0 Å². The van der Waals surface area contributed by atoms with Crippen LogP contribution in [-0.2, 0) is 0 Å². The second-order valence-electron chi connectivity index (χ2n) is 3.43. The van der Waals surface area contributed by atoms with Crippen molar-refractivity contribution in [1.29, 1.82) is 0 Å². The van der Waals surface area contributed by atoms with Crippen LogP contribution in [0.1, 0.15) is 10.5 Å². The molecule has 0 amide bonds. The SMILES string of the molecule is Nc1cc(-c2ccc(Cl)cn2)nc(C(=O)O)c1Cl. The maximum atomic E-state index is 11.0. The maximum absolute atomic E-state index is 11.0. The van der Waals surface area contributed by atoms with Gasteiger partial charge in [-0.15, -0.1) is 0 Å². The molecule has 0 aliphatic carbocycles. The van der Waals surface area contributed by atoms with Crippen molar-refractivity contribution < 1.29 is 9.90 Å². The Bertz CT molecular complexity index is 614. The first kappa shape index (κ1) is 12.6. The third-order valence-corrected chi connectivity index (χ3v) is 2.80. The molecule has 0 bridgehead atoms. The van der Waals surface area contributed by atoms with Crippen LogP contribution in [0.2, 0.25) is 10.0 Å². The first-order valence-electron chi connectivity index (χ1n) is 4.80. The highest BCUT2D eigenvalue weighted by atomic mass is 35.5. The monoisotopic (exact) mass is 283 g/mol. The van der Waals surface area contributed by atoms with Crippen molar-refractivity contribution in [1.82, 2.24) is 9.97 Å². The van der Waals surface area contributed by atoms with Crippen LogP contribution in [0.3, 0.4) is 0 Å². The van der Waals surface area contributed by atoms with Gasteiger partial charge in [-0.1, -0.05) is 23.2 Å². The van der Waals surface area contributed by atoms with Gasteiger partial charge in [0.2, 0.25) is 0 Å². The molecule has 2 heterocycles. The fourth-order valence-corrected chi connectivity index (χ4v) is 1.64. The Hall–Kier alpha value is -1.85. The molecule has 2 rings (SSSR count). The number of nitrogens with two attached hydrogens (primary N) is 1. The highest BCUT2D eigenvalue weighted by Crippen LogP contribution is 2.27. The molecule has 0 atom stereocenters. The quantitative estimate of drug-likeness (QED) is 0.885. The van der Waals surface area contributed by atoms with Crippen LogP contribution in [0.4, 0.5) is 5.69 Å². The lowest BCUT2D eigenvalue weighted by Gasteiger charge is -2.06. The van der Waals surface area contributed by atoms with Crippen molar-refractivity contribution in [2.24, 2.45) is 0 Å². The lowest BCUT2D eigenvalue weighted by Crippen LogP contribution is -2.05. The molecule has 3 N–H and O–H groups in total. The summed E-state index contributed by atoms with van der Waals surface area (Å²) >= 11 is 11.5. The molecular weight excluding hydrogens is 277 g/mol.